The zero-order valence-electron chi connectivity index (χ0n) is 8.96. The van der Waals surface area contributed by atoms with Gasteiger partial charge in [0.05, 0.1) is 11.9 Å². The summed E-state index contributed by atoms with van der Waals surface area (Å²) in [5, 5.41) is 22.1. The van der Waals surface area contributed by atoms with E-state index in [-0.39, 0.29) is 13.0 Å². The van der Waals surface area contributed by atoms with Crippen molar-refractivity contribution in [3.05, 3.63) is 24.5 Å². The van der Waals surface area contributed by atoms with E-state index in [0.717, 1.165) is 0 Å². The van der Waals surface area contributed by atoms with Crippen LogP contribution in [0, 0.1) is 0 Å². The number of aromatic nitrogens is 1. The van der Waals surface area contributed by atoms with Gasteiger partial charge in [-0.25, -0.2) is 9.59 Å². The summed E-state index contributed by atoms with van der Waals surface area (Å²) in [4.78, 5) is 25.9. The van der Waals surface area contributed by atoms with E-state index in [0.29, 0.717) is 5.69 Å². The molecule has 92 valence electrons. The van der Waals surface area contributed by atoms with Crippen molar-refractivity contribution in [2.45, 2.75) is 12.5 Å². The van der Waals surface area contributed by atoms with Crippen LogP contribution in [0.4, 0.5) is 10.5 Å². The maximum Gasteiger partial charge on any atom is 0.326 e. The number of amides is 2. The summed E-state index contributed by atoms with van der Waals surface area (Å²) in [6.07, 6.45) is 2.94. The second-order valence-corrected chi connectivity index (χ2v) is 3.24. The summed E-state index contributed by atoms with van der Waals surface area (Å²) >= 11 is 0. The predicted molar refractivity (Wildman–Crippen MR) is 59.5 cm³/mol. The predicted octanol–water partition coefficient (Wildman–Crippen LogP) is 0.0387. The zero-order chi connectivity index (χ0) is 12.7. The van der Waals surface area contributed by atoms with Crippen LogP contribution in [0.15, 0.2) is 24.5 Å². The average Bonchev–Trinajstić information content (AvgIpc) is 2.29. The Kier molecular flexibility index (Phi) is 4.89. The number of hydrogen-bond donors (Lipinski definition) is 4. The number of hydrogen-bond acceptors (Lipinski definition) is 4. The highest BCUT2D eigenvalue weighted by atomic mass is 16.4. The second kappa shape index (κ2) is 6.44. The van der Waals surface area contributed by atoms with Crippen molar-refractivity contribution in [2.24, 2.45) is 0 Å². The van der Waals surface area contributed by atoms with Crippen LogP contribution >= 0.6 is 0 Å². The minimum Gasteiger partial charge on any atom is -0.480 e. The Morgan fingerprint density at radius 1 is 1.47 bits per heavy atom. The highest BCUT2D eigenvalue weighted by molar-refractivity contribution is 5.92. The van der Waals surface area contributed by atoms with E-state index in [1.54, 1.807) is 18.3 Å². The Bertz CT molecular complexity index is 382. The number of carboxylic acid groups (broad SMARTS) is 1. The van der Waals surface area contributed by atoms with Gasteiger partial charge in [0, 0.05) is 19.2 Å². The van der Waals surface area contributed by atoms with Crippen molar-refractivity contribution in [3.8, 4) is 0 Å². The van der Waals surface area contributed by atoms with Gasteiger partial charge in [-0.2, -0.15) is 0 Å². The molecule has 0 bridgehead atoms. The smallest absolute Gasteiger partial charge is 0.326 e. The van der Waals surface area contributed by atoms with Gasteiger partial charge in [0.2, 0.25) is 0 Å². The van der Waals surface area contributed by atoms with Crippen molar-refractivity contribution in [3.63, 3.8) is 0 Å². The molecule has 0 aromatic carbocycles. The molecule has 1 aromatic rings. The number of aliphatic carboxylic acids is 1. The highest BCUT2D eigenvalue weighted by Crippen LogP contribution is 2.02. The van der Waals surface area contributed by atoms with E-state index >= 15 is 0 Å². The van der Waals surface area contributed by atoms with E-state index < -0.39 is 18.0 Å². The number of carbonyl (C=O) groups excluding carboxylic acids is 1. The number of carboxylic acids is 1. The largest absolute Gasteiger partial charge is 0.480 e. The van der Waals surface area contributed by atoms with Crippen LogP contribution in [-0.4, -0.2) is 39.8 Å². The van der Waals surface area contributed by atoms with Crippen LogP contribution in [0.1, 0.15) is 6.42 Å². The molecule has 7 nitrogen and oxygen atoms in total. The van der Waals surface area contributed by atoms with E-state index in [1.807, 2.05) is 0 Å². The molecule has 0 unspecified atom stereocenters. The van der Waals surface area contributed by atoms with Crippen LogP contribution < -0.4 is 10.6 Å². The molecule has 2 amide bonds. The minimum atomic E-state index is -1.19. The number of urea groups is 1. The van der Waals surface area contributed by atoms with Crippen molar-refractivity contribution in [1.29, 1.82) is 0 Å². The average molecular weight is 239 g/mol. The van der Waals surface area contributed by atoms with E-state index in [9.17, 15) is 9.59 Å². The van der Waals surface area contributed by atoms with Gasteiger partial charge in [-0.15, -0.1) is 0 Å². The number of carbonyl (C=O) groups is 2. The molecule has 7 heteroatoms. The quantitative estimate of drug-likeness (QED) is 0.579. The fourth-order valence-electron chi connectivity index (χ4n) is 1.15. The third-order valence-electron chi connectivity index (χ3n) is 1.94. The van der Waals surface area contributed by atoms with Crippen molar-refractivity contribution < 1.29 is 19.8 Å². The lowest BCUT2D eigenvalue weighted by Gasteiger charge is -2.13. The fourth-order valence-corrected chi connectivity index (χ4v) is 1.15. The topological polar surface area (TPSA) is 112 Å². The first-order valence-electron chi connectivity index (χ1n) is 4.94. The number of aliphatic hydroxyl groups excluding tert-OH is 1. The van der Waals surface area contributed by atoms with E-state index in [2.05, 4.69) is 15.6 Å². The Morgan fingerprint density at radius 3 is 2.76 bits per heavy atom. The maximum atomic E-state index is 11.4. The summed E-state index contributed by atoms with van der Waals surface area (Å²) in [7, 11) is 0. The molecule has 1 heterocycles. The minimum absolute atomic E-state index is 0.0458. The Morgan fingerprint density at radius 2 is 2.24 bits per heavy atom. The summed E-state index contributed by atoms with van der Waals surface area (Å²) in [6.45, 7) is -0.315. The highest BCUT2D eigenvalue weighted by Gasteiger charge is 2.18. The summed E-state index contributed by atoms with van der Waals surface area (Å²) in [5.74, 6) is -1.19. The van der Waals surface area contributed by atoms with E-state index in [1.165, 1.54) is 6.20 Å². The van der Waals surface area contributed by atoms with Crippen molar-refractivity contribution >= 4 is 17.7 Å². The first-order valence-corrected chi connectivity index (χ1v) is 4.94. The van der Waals surface area contributed by atoms with Crippen LogP contribution in [0.25, 0.3) is 0 Å². The summed E-state index contributed by atoms with van der Waals surface area (Å²) < 4.78 is 0. The van der Waals surface area contributed by atoms with Gasteiger partial charge in [0.25, 0.3) is 0 Å². The molecule has 0 saturated heterocycles. The first-order chi connectivity index (χ1) is 8.13. The summed E-state index contributed by atoms with van der Waals surface area (Å²) in [6, 6.07) is 1.49. The first kappa shape index (κ1) is 12.9. The molecule has 1 aromatic heterocycles. The molecule has 1 atom stereocenters. The standard InChI is InChI=1S/C10H13N3O4/c14-5-3-8(9(15)16)13-10(17)12-7-2-1-4-11-6-7/h1-2,4,6,8,14H,3,5H2,(H,15,16)(H2,12,13,17)/t8-/m0/s1. The molecule has 4 N–H and O–H groups in total. The lowest BCUT2D eigenvalue weighted by molar-refractivity contribution is -0.139. The van der Waals surface area contributed by atoms with Crippen LogP contribution in [0.3, 0.4) is 0 Å². The molecular weight excluding hydrogens is 226 g/mol. The van der Waals surface area contributed by atoms with Crippen LogP contribution in [0.5, 0.6) is 0 Å². The fraction of sp³-hybridized carbons (Fsp3) is 0.300. The lowest BCUT2D eigenvalue weighted by atomic mass is 10.2. The molecule has 0 radical (unpaired) electrons. The normalized spacial score (nSPS) is 11.6. The van der Waals surface area contributed by atoms with Gasteiger partial charge in [0.1, 0.15) is 6.04 Å². The zero-order valence-corrected chi connectivity index (χ0v) is 8.96. The Balaban J connectivity index is 2.51. The van der Waals surface area contributed by atoms with Crippen LogP contribution in [-0.2, 0) is 4.79 Å². The van der Waals surface area contributed by atoms with Gasteiger partial charge >= 0.3 is 12.0 Å². The van der Waals surface area contributed by atoms with Crippen LogP contribution in [0.2, 0.25) is 0 Å². The molecule has 0 aliphatic carbocycles. The van der Waals surface area contributed by atoms with Gasteiger partial charge < -0.3 is 20.8 Å². The number of nitrogens with zero attached hydrogens (tertiary/aromatic N) is 1. The van der Waals surface area contributed by atoms with E-state index in [4.69, 9.17) is 10.2 Å². The molecule has 0 aliphatic heterocycles. The van der Waals surface area contributed by atoms with Gasteiger partial charge in [-0.1, -0.05) is 0 Å². The molecule has 1 rings (SSSR count). The number of rotatable bonds is 5. The molecule has 0 saturated carbocycles. The number of anilines is 1. The number of nitrogens with one attached hydrogen (secondary N) is 2. The third kappa shape index (κ3) is 4.47. The third-order valence-corrected chi connectivity index (χ3v) is 1.94. The van der Waals surface area contributed by atoms with Gasteiger partial charge in [0.15, 0.2) is 0 Å². The summed E-state index contributed by atoms with van der Waals surface area (Å²) in [5.41, 5.74) is 0.457. The molecular formula is C10H13N3O4. The van der Waals surface area contributed by atoms with Crippen molar-refractivity contribution in [2.75, 3.05) is 11.9 Å². The van der Waals surface area contributed by atoms with Crippen molar-refractivity contribution in [1.82, 2.24) is 10.3 Å². The van der Waals surface area contributed by atoms with Gasteiger partial charge in [-0.05, 0) is 12.1 Å². The Hall–Kier alpha value is -2.15. The second-order valence-electron chi connectivity index (χ2n) is 3.24. The number of aliphatic hydroxyl groups is 1. The lowest BCUT2D eigenvalue weighted by Crippen LogP contribution is -2.43. The van der Waals surface area contributed by atoms with Gasteiger partial charge in [-0.3, -0.25) is 4.98 Å². The Labute approximate surface area is 97.5 Å². The monoisotopic (exact) mass is 239 g/mol. The maximum absolute atomic E-state index is 11.4. The number of pyridine rings is 1. The molecule has 17 heavy (non-hydrogen) atoms. The SMILES string of the molecule is O=C(Nc1cccnc1)N[C@@H](CCO)C(=O)O. The molecule has 0 fully saturated rings. The molecule has 0 spiro atoms. The molecule has 0 aliphatic rings.